The number of rotatable bonds is 4. The highest BCUT2D eigenvalue weighted by Crippen LogP contribution is 2.38. The molecule has 0 saturated carbocycles. The summed E-state index contributed by atoms with van der Waals surface area (Å²) in [5, 5.41) is -0.0718. The molecule has 0 N–H and O–H groups in total. The number of fused-ring (bicyclic) bond motifs is 1. The van der Waals surface area contributed by atoms with Crippen LogP contribution in [-0.2, 0) is 15.7 Å². The minimum absolute atomic E-state index is 0.0674. The van der Waals surface area contributed by atoms with Crippen LogP contribution >= 0.6 is 15.9 Å². The van der Waals surface area contributed by atoms with Gasteiger partial charge in [-0.2, -0.15) is 13.2 Å². The normalized spacial score (nSPS) is 11.6. The topological polar surface area (TPSA) is 65.7 Å². The molecule has 0 aliphatic heterocycles. The van der Waals surface area contributed by atoms with Crippen LogP contribution in [0.4, 0.5) is 13.2 Å². The average molecular weight is 457 g/mol. The van der Waals surface area contributed by atoms with Gasteiger partial charge >= 0.3 is 12.1 Å². The summed E-state index contributed by atoms with van der Waals surface area (Å²) in [6, 6.07) is 9.43. The largest absolute Gasteiger partial charge is 0.450 e. The number of hydrogen-bond donors (Lipinski definition) is 0. The first kappa shape index (κ1) is 20.1. The van der Waals surface area contributed by atoms with E-state index in [1.807, 2.05) is 0 Å². The molecule has 0 unspecified atom stereocenters. The van der Waals surface area contributed by atoms with Gasteiger partial charge in [-0.3, -0.25) is 4.79 Å². The van der Waals surface area contributed by atoms with Crippen molar-refractivity contribution in [2.75, 3.05) is 13.7 Å². The summed E-state index contributed by atoms with van der Waals surface area (Å²) >= 11 is 3.20. The van der Waals surface area contributed by atoms with Gasteiger partial charge in [0.25, 0.3) is 0 Å². The highest BCUT2D eigenvalue weighted by molar-refractivity contribution is 9.10. The van der Waals surface area contributed by atoms with E-state index >= 15 is 0 Å². The molecule has 0 atom stereocenters. The summed E-state index contributed by atoms with van der Waals surface area (Å²) in [7, 11) is 1.29. The van der Waals surface area contributed by atoms with E-state index in [4.69, 9.17) is 9.15 Å². The lowest BCUT2D eigenvalue weighted by Crippen LogP contribution is -2.16. The zero-order valence-electron chi connectivity index (χ0n) is 14.3. The minimum Gasteiger partial charge on any atom is -0.450 e. The van der Waals surface area contributed by atoms with Crippen molar-refractivity contribution in [2.45, 2.75) is 6.18 Å². The number of benzene rings is 2. The van der Waals surface area contributed by atoms with Crippen molar-refractivity contribution in [3.63, 3.8) is 0 Å². The Bertz CT molecular complexity index is 1090. The number of methoxy groups -OCH3 is 1. The first-order valence-corrected chi connectivity index (χ1v) is 8.63. The number of carbonyl (C=O) groups is 1. The van der Waals surface area contributed by atoms with Gasteiger partial charge in [0.05, 0.1) is 10.9 Å². The molecule has 2 aromatic carbocycles. The van der Waals surface area contributed by atoms with Gasteiger partial charge in [-0.05, 0) is 29.8 Å². The molecule has 5 nitrogen and oxygen atoms in total. The second-order valence-electron chi connectivity index (χ2n) is 5.71. The van der Waals surface area contributed by atoms with Crippen LogP contribution in [0.15, 0.2) is 56.1 Å². The molecule has 1 aromatic heterocycles. The highest BCUT2D eigenvalue weighted by Gasteiger charge is 2.39. The van der Waals surface area contributed by atoms with E-state index in [9.17, 15) is 22.8 Å². The Morgan fingerprint density at radius 3 is 2.43 bits per heavy atom. The molecule has 0 aliphatic rings. The zero-order valence-corrected chi connectivity index (χ0v) is 15.9. The number of carbonyl (C=O) groups excluding carboxylic acids is 1. The Hall–Kier alpha value is -2.65. The highest BCUT2D eigenvalue weighted by atomic mass is 79.9. The van der Waals surface area contributed by atoms with E-state index in [1.165, 1.54) is 43.5 Å². The van der Waals surface area contributed by atoms with E-state index in [0.717, 1.165) is 6.07 Å². The van der Waals surface area contributed by atoms with E-state index < -0.39 is 28.9 Å². The van der Waals surface area contributed by atoms with Gasteiger partial charge in [0, 0.05) is 17.6 Å². The number of esters is 1. The lowest BCUT2D eigenvalue weighted by molar-refractivity contribution is -0.152. The molecule has 28 heavy (non-hydrogen) atoms. The maximum absolute atomic E-state index is 13.6. The molecule has 9 heteroatoms. The third kappa shape index (κ3) is 4.10. The zero-order chi connectivity index (χ0) is 20.5. The van der Waals surface area contributed by atoms with E-state index in [-0.39, 0.29) is 28.9 Å². The Labute approximate surface area is 164 Å². The third-order valence-electron chi connectivity index (χ3n) is 3.75. The van der Waals surface area contributed by atoms with E-state index in [1.54, 1.807) is 0 Å². The lowest BCUT2D eigenvalue weighted by Gasteiger charge is -2.13. The minimum atomic E-state index is -4.90. The Morgan fingerprint density at radius 2 is 1.82 bits per heavy atom. The maximum Gasteiger partial charge on any atom is 0.450 e. The maximum atomic E-state index is 13.6. The molecule has 0 aliphatic carbocycles. The Kier molecular flexibility index (Phi) is 5.57. The summed E-state index contributed by atoms with van der Waals surface area (Å²) in [5.74, 6) is -2.23. The smallest absolute Gasteiger partial charge is 0.450 e. The fraction of sp³-hybridized carbons (Fsp3) is 0.158. The lowest BCUT2D eigenvalue weighted by atomic mass is 10.0. The fourth-order valence-corrected chi connectivity index (χ4v) is 2.86. The van der Waals surface area contributed by atoms with Crippen LogP contribution in [0, 0.1) is 0 Å². The van der Waals surface area contributed by atoms with Crippen molar-refractivity contribution in [1.29, 1.82) is 0 Å². The average Bonchev–Trinajstić information content (AvgIpc) is 2.62. The number of alkyl halides is 3. The monoisotopic (exact) mass is 456 g/mol. The molecule has 0 saturated heterocycles. The SMILES string of the molecule is COCC(=O)Oc1ccc2c(=O)c(-c3ccc(Br)cc3)c(C(F)(F)F)oc2c1. The van der Waals surface area contributed by atoms with Crippen molar-refractivity contribution in [2.24, 2.45) is 0 Å². The van der Waals surface area contributed by atoms with Crippen LogP contribution in [0.25, 0.3) is 22.1 Å². The van der Waals surface area contributed by atoms with Crippen LogP contribution < -0.4 is 10.2 Å². The van der Waals surface area contributed by atoms with E-state index in [2.05, 4.69) is 20.7 Å². The summed E-state index contributed by atoms with van der Waals surface area (Å²) < 4.78 is 56.0. The third-order valence-corrected chi connectivity index (χ3v) is 4.28. The van der Waals surface area contributed by atoms with Gasteiger partial charge < -0.3 is 13.9 Å². The van der Waals surface area contributed by atoms with Crippen molar-refractivity contribution < 1.29 is 31.9 Å². The van der Waals surface area contributed by atoms with Gasteiger partial charge in [0.15, 0.2) is 0 Å². The van der Waals surface area contributed by atoms with Crippen molar-refractivity contribution in [3.8, 4) is 16.9 Å². The van der Waals surface area contributed by atoms with E-state index in [0.29, 0.717) is 4.47 Å². The molecule has 0 bridgehead atoms. The summed E-state index contributed by atoms with van der Waals surface area (Å²) in [4.78, 5) is 24.3. The number of ether oxygens (including phenoxy) is 2. The van der Waals surface area contributed by atoms with Crippen molar-refractivity contribution in [3.05, 3.63) is 62.9 Å². The molecule has 3 rings (SSSR count). The first-order valence-electron chi connectivity index (χ1n) is 7.84. The van der Waals surface area contributed by atoms with Gasteiger partial charge in [0.2, 0.25) is 11.2 Å². The van der Waals surface area contributed by atoms with Crippen LogP contribution in [-0.4, -0.2) is 19.7 Å². The van der Waals surface area contributed by atoms with Crippen LogP contribution in [0.3, 0.4) is 0 Å². The van der Waals surface area contributed by atoms with Crippen LogP contribution in [0.2, 0.25) is 0 Å². The Balaban J connectivity index is 2.21. The summed E-state index contributed by atoms with van der Waals surface area (Å²) in [6.45, 7) is -0.335. The quantitative estimate of drug-likeness (QED) is 0.417. The standard InChI is InChI=1S/C19H12BrF3O5/c1-26-9-15(24)27-12-6-7-13-14(8-12)28-18(19(21,22)23)16(17(13)25)10-2-4-11(20)5-3-10/h2-8H,9H2,1H3. The molecule has 1 heterocycles. The molecular weight excluding hydrogens is 445 g/mol. The first-order chi connectivity index (χ1) is 13.2. The molecule has 0 radical (unpaired) electrons. The van der Waals surface area contributed by atoms with Crippen LogP contribution in [0.5, 0.6) is 5.75 Å². The number of halogens is 4. The molecular formula is C19H12BrF3O5. The van der Waals surface area contributed by atoms with Crippen LogP contribution in [0.1, 0.15) is 5.76 Å². The van der Waals surface area contributed by atoms with Crippen molar-refractivity contribution >= 4 is 32.9 Å². The summed E-state index contributed by atoms with van der Waals surface area (Å²) in [6.07, 6.45) is -4.90. The molecule has 0 fully saturated rings. The summed E-state index contributed by atoms with van der Waals surface area (Å²) in [5.41, 5.74) is -1.70. The van der Waals surface area contributed by atoms with Crippen molar-refractivity contribution in [1.82, 2.24) is 0 Å². The van der Waals surface area contributed by atoms with Gasteiger partial charge in [-0.1, -0.05) is 28.1 Å². The predicted molar refractivity (Wildman–Crippen MR) is 98.1 cm³/mol. The second kappa shape index (κ2) is 7.76. The van der Waals surface area contributed by atoms with Gasteiger partial charge in [-0.25, -0.2) is 4.79 Å². The molecule has 146 valence electrons. The molecule has 0 amide bonds. The molecule has 3 aromatic rings. The number of hydrogen-bond acceptors (Lipinski definition) is 5. The second-order valence-corrected chi connectivity index (χ2v) is 6.62. The Morgan fingerprint density at radius 1 is 1.14 bits per heavy atom. The van der Waals surface area contributed by atoms with Gasteiger partial charge in [-0.15, -0.1) is 0 Å². The predicted octanol–water partition coefficient (Wildman–Crippen LogP) is 4.79. The molecule has 0 spiro atoms. The fourth-order valence-electron chi connectivity index (χ4n) is 2.59. The van der Waals surface area contributed by atoms with Gasteiger partial charge in [0.1, 0.15) is 17.9 Å².